The Labute approximate surface area is 109 Å². The fourth-order valence-corrected chi connectivity index (χ4v) is 1.89. The summed E-state index contributed by atoms with van der Waals surface area (Å²) in [5, 5.41) is 8.79. The maximum absolute atomic E-state index is 12.9. The van der Waals surface area contributed by atoms with E-state index in [2.05, 4.69) is 20.9 Å². The number of nitriles is 1. The average molecular weight is 316 g/mol. The van der Waals surface area contributed by atoms with Crippen LogP contribution in [0.1, 0.15) is 11.4 Å². The Kier molecular flexibility index (Phi) is 3.13. The standard InChI is InChI=1S/C11H5BrF3N3/c12-7-1-2-9(8(5-7)11(13,14)15)18-4-3-17-10(18)6-16/h1-5H. The van der Waals surface area contributed by atoms with E-state index in [0.29, 0.717) is 4.47 Å². The first kappa shape index (κ1) is 12.6. The highest BCUT2D eigenvalue weighted by atomic mass is 79.9. The van der Waals surface area contributed by atoms with Gasteiger partial charge in [0.05, 0.1) is 11.3 Å². The van der Waals surface area contributed by atoms with Crippen molar-refractivity contribution in [3.8, 4) is 11.8 Å². The van der Waals surface area contributed by atoms with Gasteiger partial charge >= 0.3 is 6.18 Å². The SMILES string of the molecule is N#Cc1nccn1-c1ccc(Br)cc1C(F)(F)F. The van der Waals surface area contributed by atoms with Gasteiger partial charge in [0.15, 0.2) is 0 Å². The van der Waals surface area contributed by atoms with Crippen molar-refractivity contribution in [2.75, 3.05) is 0 Å². The third-order valence-corrected chi connectivity index (χ3v) is 2.76. The Morgan fingerprint density at radius 2 is 2.06 bits per heavy atom. The molecule has 1 heterocycles. The third-order valence-electron chi connectivity index (χ3n) is 2.26. The summed E-state index contributed by atoms with van der Waals surface area (Å²) in [7, 11) is 0. The molecule has 7 heteroatoms. The predicted molar refractivity (Wildman–Crippen MR) is 61.0 cm³/mol. The van der Waals surface area contributed by atoms with Gasteiger partial charge in [0.25, 0.3) is 0 Å². The molecule has 0 amide bonds. The van der Waals surface area contributed by atoms with Gasteiger partial charge in [-0.25, -0.2) is 4.98 Å². The van der Waals surface area contributed by atoms with Crippen LogP contribution in [0.3, 0.4) is 0 Å². The third kappa shape index (κ3) is 2.24. The van der Waals surface area contributed by atoms with Crippen molar-refractivity contribution in [3.05, 3.63) is 46.5 Å². The van der Waals surface area contributed by atoms with Crippen molar-refractivity contribution in [1.82, 2.24) is 9.55 Å². The highest BCUT2D eigenvalue weighted by molar-refractivity contribution is 9.10. The zero-order chi connectivity index (χ0) is 13.3. The van der Waals surface area contributed by atoms with Gasteiger partial charge in [-0.1, -0.05) is 15.9 Å². The van der Waals surface area contributed by atoms with E-state index in [4.69, 9.17) is 5.26 Å². The molecule has 0 spiro atoms. The molecule has 2 aromatic rings. The Morgan fingerprint density at radius 3 is 2.67 bits per heavy atom. The minimum Gasteiger partial charge on any atom is -0.291 e. The van der Waals surface area contributed by atoms with Gasteiger partial charge in [0.2, 0.25) is 5.82 Å². The van der Waals surface area contributed by atoms with Crippen LogP contribution in [0, 0.1) is 11.3 Å². The second kappa shape index (κ2) is 4.46. The number of nitrogens with zero attached hydrogens (tertiary/aromatic N) is 3. The van der Waals surface area contributed by atoms with Crippen LogP contribution in [0.25, 0.3) is 5.69 Å². The van der Waals surface area contributed by atoms with Crippen molar-refractivity contribution in [3.63, 3.8) is 0 Å². The first-order chi connectivity index (χ1) is 8.43. The second-order valence-electron chi connectivity index (χ2n) is 3.39. The van der Waals surface area contributed by atoms with Crippen molar-refractivity contribution >= 4 is 15.9 Å². The normalized spacial score (nSPS) is 11.3. The van der Waals surface area contributed by atoms with Crippen LogP contribution in [0.5, 0.6) is 0 Å². The van der Waals surface area contributed by atoms with Crippen molar-refractivity contribution in [1.29, 1.82) is 5.26 Å². The molecule has 0 atom stereocenters. The molecule has 1 aromatic heterocycles. The molecule has 0 radical (unpaired) electrons. The van der Waals surface area contributed by atoms with Crippen LogP contribution < -0.4 is 0 Å². The van der Waals surface area contributed by atoms with Gasteiger partial charge in [-0.15, -0.1) is 0 Å². The maximum atomic E-state index is 12.9. The summed E-state index contributed by atoms with van der Waals surface area (Å²) < 4.78 is 40.2. The number of imidazole rings is 1. The first-order valence-corrected chi connectivity index (χ1v) is 5.53. The van der Waals surface area contributed by atoms with E-state index in [0.717, 1.165) is 10.6 Å². The van der Waals surface area contributed by atoms with E-state index < -0.39 is 11.7 Å². The fourth-order valence-electron chi connectivity index (χ4n) is 1.53. The molecule has 0 N–H and O–H groups in total. The lowest BCUT2D eigenvalue weighted by molar-refractivity contribution is -0.137. The van der Waals surface area contributed by atoms with Gasteiger partial charge in [0.1, 0.15) is 6.07 Å². The van der Waals surface area contributed by atoms with Gasteiger partial charge < -0.3 is 0 Å². The van der Waals surface area contributed by atoms with Crippen LogP contribution in [-0.4, -0.2) is 9.55 Å². The monoisotopic (exact) mass is 315 g/mol. The summed E-state index contributed by atoms with van der Waals surface area (Å²) in [5.74, 6) is -0.0946. The quantitative estimate of drug-likeness (QED) is 0.808. The number of alkyl halides is 3. The smallest absolute Gasteiger partial charge is 0.291 e. The van der Waals surface area contributed by atoms with Crippen LogP contribution in [0.15, 0.2) is 35.1 Å². The molecule has 0 aliphatic heterocycles. The summed E-state index contributed by atoms with van der Waals surface area (Å²) in [6.07, 6.45) is -1.91. The molecule has 0 bridgehead atoms. The van der Waals surface area contributed by atoms with Crippen LogP contribution in [0.4, 0.5) is 13.2 Å². The Balaban J connectivity index is 2.69. The zero-order valence-electron chi connectivity index (χ0n) is 8.74. The number of rotatable bonds is 1. The fraction of sp³-hybridized carbons (Fsp3) is 0.0909. The molecule has 0 aliphatic carbocycles. The largest absolute Gasteiger partial charge is 0.418 e. The molecule has 18 heavy (non-hydrogen) atoms. The molecule has 0 saturated heterocycles. The molecular formula is C11H5BrF3N3. The summed E-state index contributed by atoms with van der Waals surface area (Å²) in [4.78, 5) is 3.68. The van der Waals surface area contributed by atoms with Crippen molar-refractivity contribution in [2.24, 2.45) is 0 Å². The van der Waals surface area contributed by atoms with E-state index in [1.54, 1.807) is 6.07 Å². The van der Waals surface area contributed by atoms with Gasteiger partial charge in [-0.3, -0.25) is 4.57 Å². The number of hydrogen-bond acceptors (Lipinski definition) is 2. The molecule has 0 aliphatic rings. The number of hydrogen-bond donors (Lipinski definition) is 0. The molecule has 0 fully saturated rings. The summed E-state index contributed by atoms with van der Waals surface area (Å²) >= 11 is 3.00. The van der Waals surface area contributed by atoms with Crippen LogP contribution in [-0.2, 0) is 6.18 Å². The lowest BCUT2D eigenvalue weighted by atomic mass is 10.1. The Bertz CT molecular complexity index is 625. The number of halogens is 4. The molecule has 0 unspecified atom stereocenters. The van der Waals surface area contributed by atoms with Crippen molar-refractivity contribution in [2.45, 2.75) is 6.18 Å². The summed E-state index contributed by atoms with van der Waals surface area (Å²) in [5.41, 5.74) is -0.953. The van der Waals surface area contributed by atoms with Gasteiger partial charge in [0, 0.05) is 16.9 Å². The Morgan fingerprint density at radius 1 is 1.33 bits per heavy atom. The van der Waals surface area contributed by atoms with E-state index in [1.165, 1.54) is 24.5 Å². The van der Waals surface area contributed by atoms with Crippen molar-refractivity contribution < 1.29 is 13.2 Å². The number of benzene rings is 1. The lowest BCUT2D eigenvalue weighted by Crippen LogP contribution is -2.11. The minimum atomic E-state index is -4.50. The first-order valence-electron chi connectivity index (χ1n) is 4.74. The van der Waals surface area contributed by atoms with Gasteiger partial charge in [-0.05, 0) is 18.2 Å². The average Bonchev–Trinajstić information content (AvgIpc) is 2.75. The van der Waals surface area contributed by atoms with Crippen LogP contribution >= 0.6 is 15.9 Å². The lowest BCUT2D eigenvalue weighted by Gasteiger charge is -2.14. The zero-order valence-corrected chi connectivity index (χ0v) is 10.3. The number of aromatic nitrogens is 2. The van der Waals surface area contributed by atoms with E-state index >= 15 is 0 Å². The Hall–Kier alpha value is -1.81. The molecular weight excluding hydrogens is 311 g/mol. The van der Waals surface area contributed by atoms with E-state index in [-0.39, 0.29) is 11.5 Å². The molecule has 92 valence electrons. The topological polar surface area (TPSA) is 41.6 Å². The summed E-state index contributed by atoms with van der Waals surface area (Å²) in [6, 6.07) is 5.47. The molecule has 2 rings (SSSR count). The molecule has 3 nitrogen and oxygen atoms in total. The predicted octanol–water partition coefficient (Wildman–Crippen LogP) is 3.53. The van der Waals surface area contributed by atoms with E-state index in [9.17, 15) is 13.2 Å². The van der Waals surface area contributed by atoms with Gasteiger partial charge in [-0.2, -0.15) is 18.4 Å². The highest BCUT2D eigenvalue weighted by Gasteiger charge is 2.34. The maximum Gasteiger partial charge on any atom is 0.418 e. The second-order valence-corrected chi connectivity index (χ2v) is 4.31. The van der Waals surface area contributed by atoms with Crippen LogP contribution in [0.2, 0.25) is 0 Å². The summed E-state index contributed by atoms with van der Waals surface area (Å²) in [6.45, 7) is 0. The highest BCUT2D eigenvalue weighted by Crippen LogP contribution is 2.35. The van der Waals surface area contributed by atoms with E-state index in [1.807, 2.05) is 0 Å². The molecule has 1 aromatic carbocycles. The minimum absolute atomic E-state index is 0.0946. The molecule has 0 saturated carbocycles.